The van der Waals surface area contributed by atoms with Gasteiger partial charge < -0.3 is 15.6 Å². The smallest absolute Gasteiger partial charge is 0.342 e. The van der Waals surface area contributed by atoms with E-state index in [-0.39, 0.29) is 23.4 Å². The van der Waals surface area contributed by atoms with Gasteiger partial charge >= 0.3 is 6.18 Å². The van der Waals surface area contributed by atoms with E-state index in [1.807, 2.05) is 24.3 Å². The molecule has 2 amide bonds. The molecule has 0 aliphatic heterocycles. The van der Waals surface area contributed by atoms with E-state index in [0.29, 0.717) is 25.5 Å². The van der Waals surface area contributed by atoms with Crippen LogP contribution in [0.25, 0.3) is 11.0 Å². The number of imidazole rings is 1. The Labute approximate surface area is 174 Å². The zero-order valence-corrected chi connectivity index (χ0v) is 16.2. The lowest BCUT2D eigenvalue weighted by Crippen LogP contribution is -2.46. The molecule has 2 saturated carbocycles. The average Bonchev–Trinajstić information content (AvgIpc) is 3.64. The number of aromatic amines is 1. The zero-order chi connectivity index (χ0) is 21.8. The van der Waals surface area contributed by atoms with Crippen molar-refractivity contribution in [2.45, 2.75) is 36.9 Å². The molecule has 0 spiro atoms. The summed E-state index contributed by atoms with van der Waals surface area (Å²) in [7, 11) is 0. The number of H-pyrrole nitrogens is 1. The molecule has 2 heterocycles. The number of carbonyl (C=O) groups excluding carboxylic acids is 2. The Morgan fingerprint density at radius 2 is 1.94 bits per heavy atom. The summed E-state index contributed by atoms with van der Waals surface area (Å²) in [5.41, 5.74) is -0.378. The van der Waals surface area contributed by atoms with Crippen molar-refractivity contribution in [2.75, 3.05) is 5.32 Å². The molecule has 2 atom stereocenters. The minimum Gasteiger partial charge on any atom is -0.342 e. The summed E-state index contributed by atoms with van der Waals surface area (Å²) < 4.78 is 38.5. The van der Waals surface area contributed by atoms with Crippen LogP contribution < -0.4 is 10.6 Å². The van der Waals surface area contributed by atoms with Gasteiger partial charge in [0, 0.05) is 18.0 Å². The number of anilines is 1. The van der Waals surface area contributed by atoms with Crippen molar-refractivity contribution in [1.29, 1.82) is 0 Å². The Morgan fingerprint density at radius 3 is 2.65 bits per heavy atom. The maximum absolute atomic E-state index is 12.8. The SMILES string of the molecule is O=C(NC1(C(=O)Nc2cncc(C(F)(F)F)c2)CC1)[C@H]1C[C@@H]1c1nc2ccccc2[nH]1. The summed E-state index contributed by atoms with van der Waals surface area (Å²) in [6.45, 7) is 0. The molecular weight excluding hydrogens is 411 g/mol. The van der Waals surface area contributed by atoms with E-state index in [1.165, 1.54) is 0 Å². The first-order valence-electron chi connectivity index (χ1n) is 9.86. The second-order valence-corrected chi connectivity index (χ2v) is 8.07. The van der Waals surface area contributed by atoms with Gasteiger partial charge in [-0.1, -0.05) is 12.1 Å². The van der Waals surface area contributed by atoms with Gasteiger partial charge in [-0.3, -0.25) is 14.6 Å². The normalized spacial score (nSPS) is 21.5. The number of nitrogens with one attached hydrogen (secondary N) is 3. The van der Waals surface area contributed by atoms with Crippen LogP contribution in [-0.2, 0) is 15.8 Å². The Hall–Kier alpha value is -3.43. The van der Waals surface area contributed by atoms with Crippen molar-refractivity contribution >= 4 is 28.5 Å². The third-order valence-corrected chi connectivity index (χ3v) is 5.76. The largest absolute Gasteiger partial charge is 0.417 e. The standard InChI is InChI=1S/C21H18F3N5O2/c22-21(23,24)11-7-12(10-25-9-11)26-19(31)20(5-6-20)29-18(30)14-8-13(14)17-27-15-3-1-2-4-16(15)28-17/h1-4,7,9-10,13-14H,5-6,8H2,(H,26,31)(H,27,28)(H,29,30)/t13-,14-/m0/s1. The summed E-state index contributed by atoms with van der Waals surface area (Å²) in [6.07, 6.45) is -1.24. The number of carbonyl (C=O) groups is 2. The number of benzene rings is 1. The number of halogens is 3. The summed E-state index contributed by atoms with van der Waals surface area (Å²) in [5.74, 6) is -0.381. The van der Waals surface area contributed by atoms with E-state index in [4.69, 9.17) is 0 Å². The van der Waals surface area contributed by atoms with Crippen LogP contribution in [-0.4, -0.2) is 32.3 Å². The molecule has 0 unspecified atom stereocenters. The predicted octanol–water partition coefficient (Wildman–Crippen LogP) is 3.37. The van der Waals surface area contributed by atoms with Gasteiger partial charge in [0.15, 0.2) is 0 Å². The van der Waals surface area contributed by atoms with Gasteiger partial charge in [0.1, 0.15) is 11.4 Å². The van der Waals surface area contributed by atoms with Crippen molar-refractivity contribution in [3.05, 3.63) is 54.1 Å². The van der Waals surface area contributed by atoms with E-state index in [0.717, 1.165) is 29.1 Å². The van der Waals surface area contributed by atoms with Crippen LogP contribution in [0.1, 0.15) is 36.6 Å². The number of alkyl halides is 3. The van der Waals surface area contributed by atoms with Crippen LogP contribution in [0.15, 0.2) is 42.7 Å². The highest BCUT2D eigenvalue weighted by Crippen LogP contribution is 2.48. The van der Waals surface area contributed by atoms with Crippen LogP contribution in [0.2, 0.25) is 0 Å². The number of fused-ring (bicyclic) bond motifs is 1. The summed E-state index contributed by atoms with van der Waals surface area (Å²) in [6, 6.07) is 8.41. The third kappa shape index (κ3) is 3.73. The molecule has 7 nitrogen and oxygen atoms in total. The van der Waals surface area contributed by atoms with Gasteiger partial charge in [0.25, 0.3) is 0 Å². The maximum atomic E-state index is 12.8. The summed E-state index contributed by atoms with van der Waals surface area (Å²) in [4.78, 5) is 36.6. The third-order valence-electron chi connectivity index (χ3n) is 5.76. The van der Waals surface area contributed by atoms with E-state index < -0.39 is 23.2 Å². The van der Waals surface area contributed by atoms with Gasteiger partial charge in [0.2, 0.25) is 11.8 Å². The fraction of sp³-hybridized carbons (Fsp3) is 0.333. The van der Waals surface area contributed by atoms with Gasteiger partial charge in [-0.2, -0.15) is 13.2 Å². The molecule has 10 heteroatoms. The monoisotopic (exact) mass is 429 g/mol. The molecule has 2 aliphatic carbocycles. The number of nitrogens with zero attached hydrogens (tertiary/aromatic N) is 2. The summed E-state index contributed by atoms with van der Waals surface area (Å²) >= 11 is 0. The van der Waals surface area contributed by atoms with Crippen LogP contribution in [0.5, 0.6) is 0 Å². The predicted molar refractivity (Wildman–Crippen MR) is 105 cm³/mol. The van der Waals surface area contributed by atoms with Crippen molar-refractivity contribution < 1.29 is 22.8 Å². The number of aromatic nitrogens is 3. The van der Waals surface area contributed by atoms with Gasteiger partial charge in [-0.25, -0.2) is 4.98 Å². The maximum Gasteiger partial charge on any atom is 0.417 e. The molecule has 2 aromatic heterocycles. The van der Waals surface area contributed by atoms with Crippen LogP contribution in [0.3, 0.4) is 0 Å². The minimum atomic E-state index is -4.56. The van der Waals surface area contributed by atoms with Gasteiger partial charge in [-0.15, -0.1) is 0 Å². The lowest BCUT2D eigenvalue weighted by molar-refractivity contribution is -0.137. The first-order chi connectivity index (χ1) is 14.7. The van der Waals surface area contributed by atoms with Crippen LogP contribution in [0, 0.1) is 5.92 Å². The van der Waals surface area contributed by atoms with Crippen LogP contribution >= 0.6 is 0 Å². The molecule has 0 bridgehead atoms. The topological polar surface area (TPSA) is 99.8 Å². The molecule has 1 aromatic carbocycles. The first kappa shape index (κ1) is 19.5. The average molecular weight is 429 g/mol. The quantitative estimate of drug-likeness (QED) is 0.579. The highest BCUT2D eigenvalue weighted by molar-refractivity contribution is 6.03. The minimum absolute atomic E-state index is 0.0427. The molecule has 0 saturated heterocycles. The lowest BCUT2D eigenvalue weighted by atomic mass is 10.2. The summed E-state index contributed by atoms with van der Waals surface area (Å²) in [5, 5.41) is 5.24. The molecule has 2 aliphatic rings. The van der Waals surface area contributed by atoms with Crippen molar-refractivity contribution in [3.63, 3.8) is 0 Å². The lowest BCUT2D eigenvalue weighted by Gasteiger charge is -2.17. The second-order valence-electron chi connectivity index (χ2n) is 8.07. The molecule has 31 heavy (non-hydrogen) atoms. The molecular formula is C21H18F3N5O2. The first-order valence-corrected chi connectivity index (χ1v) is 9.86. The van der Waals surface area contributed by atoms with Crippen LogP contribution in [0.4, 0.5) is 18.9 Å². The fourth-order valence-corrected chi connectivity index (χ4v) is 3.71. The fourth-order valence-electron chi connectivity index (χ4n) is 3.71. The van der Waals surface area contributed by atoms with Crippen molar-refractivity contribution in [1.82, 2.24) is 20.3 Å². The second kappa shape index (κ2) is 6.79. The van der Waals surface area contributed by atoms with Gasteiger partial charge in [0.05, 0.1) is 28.5 Å². The Bertz CT molecular complexity index is 1150. The molecule has 3 N–H and O–H groups in total. The van der Waals surface area contributed by atoms with Gasteiger partial charge in [-0.05, 0) is 37.5 Å². The van der Waals surface area contributed by atoms with E-state index in [2.05, 4.69) is 25.6 Å². The number of hydrogen-bond donors (Lipinski definition) is 3. The highest BCUT2D eigenvalue weighted by Gasteiger charge is 2.55. The van der Waals surface area contributed by atoms with E-state index >= 15 is 0 Å². The number of hydrogen-bond acceptors (Lipinski definition) is 4. The molecule has 3 aromatic rings. The number of para-hydroxylation sites is 2. The van der Waals surface area contributed by atoms with Crippen molar-refractivity contribution in [2.24, 2.45) is 5.92 Å². The molecule has 5 rings (SSSR count). The Morgan fingerprint density at radius 1 is 1.16 bits per heavy atom. The zero-order valence-electron chi connectivity index (χ0n) is 16.2. The number of pyridine rings is 1. The van der Waals surface area contributed by atoms with E-state index in [1.54, 1.807) is 0 Å². The Balaban J connectivity index is 1.23. The van der Waals surface area contributed by atoms with E-state index in [9.17, 15) is 22.8 Å². The molecule has 2 fully saturated rings. The van der Waals surface area contributed by atoms with Crippen molar-refractivity contribution in [3.8, 4) is 0 Å². The number of amides is 2. The molecule has 0 radical (unpaired) electrons. The molecule has 160 valence electrons. The Kier molecular flexibility index (Phi) is 4.28. The highest BCUT2D eigenvalue weighted by atomic mass is 19.4. The number of rotatable bonds is 5.